The number of nitrogens with two attached hydrogens (primary N) is 1. The minimum absolute atomic E-state index is 0.0185. The number of carbonyl (C=O) groups is 2. The maximum atomic E-state index is 11.9. The molecule has 0 spiro atoms. The molecular formula is C17H23N3O2. The smallest absolute Gasteiger partial charge is 0.223 e. The number of carbonyl (C=O) groups excluding carboxylic acids is 2. The molecule has 1 aromatic carbocycles. The Kier molecular flexibility index (Phi) is 4.43. The first-order valence-corrected chi connectivity index (χ1v) is 7.99. The molecule has 2 N–H and O–H groups in total. The summed E-state index contributed by atoms with van der Waals surface area (Å²) in [5.41, 5.74) is 7.70. The van der Waals surface area contributed by atoms with Gasteiger partial charge in [-0.25, -0.2) is 0 Å². The third-order valence-corrected chi connectivity index (χ3v) is 4.62. The Morgan fingerprint density at radius 1 is 1.09 bits per heavy atom. The third kappa shape index (κ3) is 3.47. The molecule has 1 unspecified atom stereocenters. The van der Waals surface area contributed by atoms with E-state index in [1.807, 2.05) is 0 Å². The zero-order valence-corrected chi connectivity index (χ0v) is 12.8. The van der Waals surface area contributed by atoms with E-state index >= 15 is 0 Å². The predicted octanol–water partition coefficient (Wildman–Crippen LogP) is 1.12. The molecule has 5 nitrogen and oxygen atoms in total. The van der Waals surface area contributed by atoms with Crippen molar-refractivity contribution in [3.8, 4) is 0 Å². The van der Waals surface area contributed by atoms with E-state index in [-0.39, 0.29) is 24.2 Å². The van der Waals surface area contributed by atoms with E-state index < -0.39 is 0 Å². The number of hydrogen-bond donors (Lipinski definition) is 1. The van der Waals surface area contributed by atoms with Crippen molar-refractivity contribution < 1.29 is 9.59 Å². The van der Waals surface area contributed by atoms with Gasteiger partial charge in [0.2, 0.25) is 11.8 Å². The zero-order valence-electron chi connectivity index (χ0n) is 12.8. The molecular weight excluding hydrogens is 278 g/mol. The van der Waals surface area contributed by atoms with Crippen molar-refractivity contribution in [1.82, 2.24) is 9.80 Å². The average Bonchev–Trinajstić information content (AvgIpc) is 3.12. The lowest BCUT2D eigenvalue weighted by molar-refractivity contribution is -0.128. The van der Waals surface area contributed by atoms with Crippen molar-refractivity contribution in [2.24, 2.45) is 11.7 Å². The summed E-state index contributed by atoms with van der Waals surface area (Å²) < 4.78 is 0. The lowest BCUT2D eigenvalue weighted by Gasteiger charge is -2.17. The highest BCUT2D eigenvalue weighted by molar-refractivity contribution is 5.88. The van der Waals surface area contributed by atoms with Crippen molar-refractivity contribution in [2.45, 2.75) is 32.4 Å². The van der Waals surface area contributed by atoms with E-state index in [1.165, 1.54) is 31.5 Å². The quantitative estimate of drug-likeness (QED) is 0.886. The van der Waals surface area contributed by atoms with Gasteiger partial charge in [-0.05, 0) is 37.1 Å². The monoisotopic (exact) mass is 301 g/mol. The molecule has 5 heteroatoms. The molecule has 2 saturated heterocycles. The van der Waals surface area contributed by atoms with Crippen LogP contribution in [0.4, 0.5) is 0 Å². The van der Waals surface area contributed by atoms with E-state index in [0.29, 0.717) is 13.1 Å². The summed E-state index contributed by atoms with van der Waals surface area (Å²) in [6.45, 7) is 4.40. The van der Waals surface area contributed by atoms with Gasteiger partial charge in [0.25, 0.3) is 0 Å². The van der Waals surface area contributed by atoms with Gasteiger partial charge in [0.05, 0.1) is 5.92 Å². The molecule has 2 heterocycles. The van der Waals surface area contributed by atoms with Crippen LogP contribution in [-0.4, -0.2) is 41.2 Å². The Bertz CT molecular complexity index is 550. The van der Waals surface area contributed by atoms with Gasteiger partial charge in [-0.2, -0.15) is 0 Å². The molecule has 2 aliphatic heterocycles. The number of nitrogens with zero attached hydrogens (tertiary/aromatic N) is 2. The maximum Gasteiger partial charge on any atom is 0.223 e. The minimum Gasteiger partial charge on any atom is -0.369 e. The van der Waals surface area contributed by atoms with Crippen LogP contribution in [0, 0.1) is 5.92 Å². The standard InChI is InChI=1S/C17H23N3O2/c18-17(22)15-9-16(21)20(12-15)11-14-5-3-13(4-6-14)10-19-7-1-2-8-19/h3-6,15H,1-2,7-12H2,(H2,18,22). The first-order valence-electron chi connectivity index (χ1n) is 7.99. The molecule has 0 aliphatic carbocycles. The Balaban J connectivity index is 1.56. The van der Waals surface area contributed by atoms with Crippen LogP contribution in [0.1, 0.15) is 30.4 Å². The van der Waals surface area contributed by atoms with Crippen LogP contribution < -0.4 is 5.73 Å². The van der Waals surface area contributed by atoms with Crippen LogP contribution in [-0.2, 0) is 22.7 Å². The van der Waals surface area contributed by atoms with Gasteiger partial charge in [-0.15, -0.1) is 0 Å². The molecule has 22 heavy (non-hydrogen) atoms. The van der Waals surface area contributed by atoms with Gasteiger partial charge >= 0.3 is 0 Å². The molecule has 118 valence electrons. The average molecular weight is 301 g/mol. The summed E-state index contributed by atoms with van der Waals surface area (Å²) in [7, 11) is 0. The summed E-state index contributed by atoms with van der Waals surface area (Å²) in [4.78, 5) is 27.3. The second kappa shape index (κ2) is 6.48. The van der Waals surface area contributed by atoms with Crippen molar-refractivity contribution in [2.75, 3.05) is 19.6 Å². The first kappa shape index (κ1) is 15.0. The van der Waals surface area contributed by atoms with Crippen LogP contribution in [0.2, 0.25) is 0 Å². The summed E-state index contributed by atoms with van der Waals surface area (Å²) in [6.07, 6.45) is 2.86. The Morgan fingerprint density at radius 3 is 2.23 bits per heavy atom. The summed E-state index contributed by atoms with van der Waals surface area (Å²) in [5.74, 6) is -0.691. The van der Waals surface area contributed by atoms with Crippen LogP contribution in [0.25, 0.3) is 0 Å². The van der Waals surface area contributed by atoms with E-state index in [4.69, 9.17) is 5.73 Å². The normalized spacial score (nSPS) is 22.5. The number of likely N-dealkylation sites (tertiary alicyclic amines) is 2. The van der Waals surface area contributed by atoms with Crippen LogP contribution in [0.3, 0.4) is 0 Å². The highest BCUT2D eigenvalue weighted by Gasteiger charge is 2.32. The molecule has 2 amide bonds. The molecule has 0 saturated carbocycles. The van der Waals surface area contributed by atoms with Gasteiger partial charge < -0.3 is 10.6 Å². The van der Waals surface area contributed by atoms with Gasteiger partial charge in [0, 0.05) is 26.1 Å². The minimum atomic E-state index is -0.378. The Labute approximate surface area is 131 Å². The van der Waals surface area contributed by atoms with Crippen LogP contribution >= 0.6 is 0 Å². The summed E-state index contributed by atoms with van der Waals surface area (Å²) in [6, 6.07) is 8.44. The summed E-state index contributed by atoms with van der Waals surface area (Å²) >= 11 is 0. The second-order valence-electron chi connectivity index (χ2n) is 6.38. The van der Waals surface area contributed by atoms with E-state index in [2.05, 4.69) is 29.2 Å². The molecule has 1 aromatic rings. The highest BCUT2D eigenvalue weighted by atomic mass is 16.2. The van der Waals surface area contributed by atoms with Gasteiger partial charge in [0.1, 0.15) is 0 Å². The number of rotatable bonds is 5. The van der Waals surface area contributed by atoms with Crippen molar-refractivity contribution >= 4 is 11.8 Å². The van der Waals surface area contributed by atoms with Crippen molar-refractivity contribution in [1.29, 1.82) is 0 Å². The van der Waals surface area contributed by atoms with Crippen molar-refractivity contribution in [3.63, 3.8) is 0 Å². The zero-order chi connectivity index (χ0) is 15.5. The fourth-order valence-corrected chi connectivity index (χ4v) is 3.28. The largest absolute Gasteiger partial charge is 0.369 e. The Morgan fingerprint density at radius 2 is 1.68 bits per heavy atom. The SMILES string of the molecule is NC(=O)C1CC(=O)N(Cc2ccc(CN3CCCC3)cc2)C1. The number of amides is 2. The Hall–Kier alpha value is -1.88. The van der Waals surface area contributed by atoms with Gasteiger partial charge in [-0.3, -0.25) is 14.5 Å². The van der Waals surface area contributed by atoms with Gasteiger partial charge in [0.15, 0.2) is 0 Å². The fourth-order valence-electron chi connectivity index (χ4n) is 3.28. The number of hydrogen-bond acceptors (Lipinski definition) is 3. The van der Waals surface area contributed by atoms with E-state index in [1.54, 1.807) is 4.90 Å². The highest BCUT2D eigenvalue weighted by Crippen LogP contribution is 2.20. The first-order chi connectivity index (χ1) is 10.6. The molecule has 0 aromatic heterocycles. The molecule has 2 fully saturated rings. The lowest BCUT2D eigenvalue weighted by atomic mass is 10.1. The van der Waals surface area contributed by atoms with E-state index in [9.17, 15) is 9.59 Å². The van der Waals surface area contributed by atoms with Crippen LogP contribution in [0.15, 0.2) is 24.3 Å². The van der Waals surface area contributed by atoms with Crippen molar-refractivity contribution in [3.05, 3.63) is 35.4 Å². The number of benzene rings is 1. The van der Waals surface area contributed by atoms with Crippen LogP contribution in [0.5, 0.6) is 0 Å². The molecule has 1 atom stereocenters. The third-order valence-electron chi connectivity index (χ3n) is 4.62. The lowest BCUT2D eigenvalue weighted by Crippen LogP contribution is -2.28. The molecule has 0 radical (unpaired) electrons. The summed E-state index contributed by atoms with van der Waals surface area (Å²) in [5, 5.41) is 0. The number of primary amides is 1. The maximum absolute atomic E-state index is 11.9. The topological polar surface area (TPSA) is 66.6 Å². The fraction of sp³-hybridized carbons (Fsp3) is 0.529. The predicted molar refractivity (Wildman–Crippen MR) is 83.7 cm³/mol. The molecule has 0 bridgehead atoms. The second-order valence-corrected chi connectivity index (χ2v) is 6.38. The molecule has 2 aliphatic rings. The van der Waals surface area contributed by atoms with E-state index in [0.717, 1.165) is 12.1 Å². The molecule has 3 rings (SSSR count). The van der Waals surface area contributed by atoms with Gasteiger partial charge in [-0.1, -0.05) is 24.3 Å².